The van der Waals surface area contributed by atoms with E-state index in [1.807, 2.05) is 74.5 Å². The summed E-state index contributed by atoms with van der Waals surface area (Å²) in [6.07, 6.45) is 5.40. The van der Waals surface area contributed by atoms with Crippen LogP contribution in [0.15, 0.2) is 73.4 Å². The predicted octanol–water partition coefficient (Wildman–Crippen LogP) is 5.49. The summed E-state index contributed by atoms with van der Waals surface area (Å²) in [5.74, 6) is 1.38. The van der Waals surface area contributed by atoms with Crippen LogP contribution in [0, 0.1) is 0 Å². The van der Waals surface area contributed by atoms with Crippen LogP contribution in [0.2, 0.25) is 0 Å². The van der Waals surface area contributed by atoms with Crippen LogP contribution in [0.4, 0.5) is 5.82 Å². The van der Waals surface area contributed by atoms with Gasteiger partial charge >= 0.3 is 5.97 Å². The first kappa shape index (κ1) is 28.5. The van der Waals surface area contributed by atoms with Gasteiger partial charge in [-0.15, -0.1) is 10.2 Å². The molecule has 0 atom stereocenters. The second-order valence-electron chi connectivity index (χ2n) is 9.90. The monoisotopic (exact) mass is 541 g/mol. The number of hydrogen-bond acceptors (Lipinski definition) is 8. The Morgan fingerprint density at radius 2 is 1.88 bits per heavy atom. The third-order valence-corrected chi connectivity index (χ3v) is 6.28. The normalized spacial score (nSPS) is 11.2. The van der Waals surface area contributed by atoms with Gasteiger partial charge in [-0.3, -0.25) is 0 Å². The molecule has 4 aromatic rings. The van der Waals surface area contributed by atoms with Crippen LogP contribution in [-0.4, -0.2) is 51.6 Å². The number of carbonyl (C=O) groups is 1. The number of aromatic nitrogens is 4. The summed E-state index contributed by atoms with van der Waals surface area (Å²) in [5, 5.41) is 7.96. The van der Waals surface area contributed by atoms with Gasteiger partial charge in [-0.2, -0.15) is 0 Å². The number of benzene rings is 2. The highest BCUT2D eigenvalue weighted by Crippen LogP contribution is 2.29. The van der Waals surface area contributed by atoms with Gasteiger partial charge < -0.3 is 24.9 Å². The Kier molecular flexibility index (Phi) is 9.64. The molecule has 0 radical (unpaired) electrons. The summed E-state index contributed by atoms with van der Waals surface area (Å²) in [5.41, 5.74) is 9.43. The van der Waals surface area contributed by atoms with E-state index in [-0.39, 0.29) is 12.4 Å². The first-order chi connectivity index (χ1) is 19.3. The molecular formula is C31H35N5O4. The number of rotatable bonds is 14. The minimum absolute atomic E-state index is 0.107. The maximum Gasteiger partial charge on any atom is 0.376 e. The van der Waals surface area contributed by atoms with Crippen LogP contribution in [0.25, 0.3) is 17.2 Å². The SMILES string of the molecule is C=Cc1ccc(OCCOC(C)(C)CCCOC(=O)c2nnc(Cc3ccccc3)[nH]2)cc1-c1ccnc(N)c1. The van der Waals surface area contributed by atoms with Gasteiger partial charge in [0.05, 0.1) is 18.8 Å². The highest BCUT2D eigenvalue weighted by molar-refractivity contribution is 5.85. The number of H-pyrrole nitrogens is 1. The molecule has 9 heteroatoms. The molecule has 40 heavy (non-hydrogen) atoms. The highest BCUT2D eigenvalue weighted by atomic mass is 16.5. The number of nitrogens with zero attached hydrogens (tertiary/aromatic N) is 3. The smallest absolute Gasteiger partial charge is 0.376 e. The van der Waals surface area contributed by atoms with Crippen molar-refractivity contribution in [2.75, 3.05) is 25.6 Å². The molecule has 0 saturated heterocycles. The standard InChI is InChI=1S/C31H35N5O4/c1-4-23-11-12-25(21-26(23)24-13-15-33-27(32)20-24)38-17-18-40-31(2,3)14-8-16-39-30(37)29-34-28(35-36-29)19-22-9-6-5-7-10-22/h4-7,9-13,15,20-21H,1,8,14,16-19H2,2-3H3,(H2,32,33)(H,34,35,36). The summed E-state index contributed by atoms with van der Waals surface area (Å²) in [4.78, 5) is 19.3. The molecule has 2 aromatic carbocycles. The van der Waals surface area contributed by atoms with Crippen molar-refractivity contribution in [1.82, 2.24) is 20.2 Å². The van der Waals surface area contributed by atoms with Gasteiger partial charge in [-0.25, -0.2) is 9.78 Å². The molecule has 0 aliphatic heterocycles. The summed E-state index contributed by atoms with van der Waals surface area (Å²) < 4.78 is 17.4. The van der Waals surface area contributed by atoms with Crippen molar-refractivity contribution in [1.29, 1.82) is 0 Å². The van der Waals surface area contributed by atoms with E-state index in [0.29, 0.717) is 44.1 Å². The van der Waals surface area contributed by atoms with Gasteiger partial charge in [0.1, 0.15) is 24.0 Å². The van der Waals surface area contributed by atoms with Gasteiger partial charge in [0.25, 0.3) is 0 Å². The first-order valence-electron chi connectivity index (χ1n) is 13.2. The van der Waals surface area contributed by atoms with Crippen LogP contribution in [-0.2, 0) is 15.9 Å². The molecule has 9 nitrogen and oxygen atoms in total. The van der Waals surface area contributed by atoms with E-state index in [2.05, 4.69) is 26.7 Å². The Bertz CT molecular complexity index is 1420. The molecule has 0 bridgehead atoms. The molecule has 0 aliphatic carbocycles. The second kappa shape index (κ2) is 13.5. The zero-order valence-electron chi connectivity index (χ0n) is 22.9. The molecule has 0 aliphatic rings. The lowest BCUT2D eigenvalue weighted by molar-refractivity contribution is -0.0389. The van der Waals surface area contributed by atoms with Crippen molar-refractivity contribution in [3.63, 3.8) is 0 Å². The van der Waals surface area contributed by atoms with Crippen LogP contribution in [0.3, 0.4) is 0 Å². The average molecular weight is 542 g/mol. The van der Waals surface area contributed by atoms with Crippen LogP contribution < -0.4 is 10.5 Å². The Balaban J connectivity index is 1.17. The average Bonchev–Trinajstić information content (AvgIpc) is 3.42. The first-order valence-corrected chi connectivity index (χ1v) is 13.2. The molecule has 0 spiro atoms. The minimum atomic E-state index is -0.518. The van der Waals surface area contributed by atoms with Crippen LogP contribution in [0.5, 0.6) is 5.75 Å². The van der Waals surface area contributed by atoms with Crippen molar-refractivity contribution >= 4 is 17.9 Å². The van der Waals surface area contributed by atoms with Crippen LogP contribution in [0.1, 0.15) is 54.3 Å². The Morgan fingerprint density at radius 3 is 2.65 bits per heavy atom. The lowest BCUT2D eigenvalue weighted by atomic mass is 10.00. The summed E-state index contributed by atoms with van der Waals surface area (Å²) in [7, 11) is 0. The van der Waals surface area contributed by atoms with E-state index in [4.69, 9.17) is 19.9 Å². The fraction of sp³-hybridized carbons (Fsp3) is 0.290. The van der Waals surface area contributed by atoms with E-state index in [1.165, 1.54) is 0 Å². The second-order valence-corrected chi connectivity index (χ2v) is 9.90. The van der Waals surface area contributed by atoms with Gasteiger partial charge in [0.15, 0.2) is 0 Å². The van der Waals surface area contributed by atoms with Gasteiger partial charge in [0.2, 0.25) is 5.82 Å². The molecule has 0 amide bonds. The summed E-state index contributed by atoms with van der Waals surface area (Å²) in [6, 6.07) is 19.4. The summed E-state index contributed by atoms with van der Waals surface area (Å²) >= 11 is 0. The van der Waals surface area contributed by atoms with E-state index >= 15 is 0 Å². The number of anilines is 1. The van der Waals surface area contributed by atoms with E-state index < -0.39 is 11.6 Å². The van der Waals surface area contributed by atoms with Gasteiger partial charge in [0, 0.05) is 12.6 Å². The number of nitrogens with two attached hydrogens (primary N) is 1. The third-order valence-electron chi connectivity index (χ3n) is 6.28. The van der Waals surface area contributed by atoms with Crippen molar-refractivity contribution in [2.45, 2.75) is 38.7 Å². The molecular weight excluding hydrogens is 506 g/mol. The number of esters is 1. The lowest BCUT2D eigenvalue weighted by Crippen LogP contribution is -2.27. The zero-order valence-corrected chi connectivity index (χ0v) is 22.9. The Morgan fingerprint density at radius 1 is 1.05 bits per heavy atom. The third kappa shape index (κ3) is 8.25. The van der Waals surface area contributed by atoms with E-state index in [9.17, 15) is 4.79 Å². The molecule has 4 rings (SSSR count). The zero-order chi connectivity index (χ0) is 28.4. The molecule has 0 unspecified atom stereocenters. The van der Waals surface area contributed by atoms with Crippen molar-refractivity contribution in [3.05, 3.63) is 96.2 Å². The number of nitrogen functional groups attached to an aromatic ring is 1. The minimum Gasteiger partial charge on any atom is -0.491 e. The van der Waals surface area contributed by atoms with Crippen molar-refractivity contribution in [3.8, 4) is 16.9 Å². The van der Waals surface area contributed by atoms with Crippen molar-refractivity contribution in [2.24, 2.45) is 0 Å². The number of pyridine rings is 1. The number of aromatic amines is 1. The van der Waals surface area contributed by atoms with Crippen LogP contribution >= 0.6 is 0 Å². The lowest BCUT2D eigenvalue weighted by Gasteiger charge is -2.25. The van der Waals surface area contributed by atoms with Gasteiger partial charge in [-0.05, 0) is 73.2 Å². The number of nitrogens with one attached hydrogen (secondary N) is 1. The molecule has 0 fully saturated rings. The molecule has 208 valence electrons. The quantitative estimate of drug-likeness (QED) is 0.158. The maximum atomic E-state index is 12.3. The van der Waals surface area contributed by atoms with Gasteiger partial charge in [-0.1, -0.05) is 49.1 Å². The Hall–Kier alpha value is -4.50. The Labute approximate surface area is 234 Å². The maximum absolute atomic E-state index is 12.3. The predicted molar refractivity (Wildman–Crippen MR) is 155 cm³/mol. The number of ether oxygens (including phenoxy) is 3. The highest BCUT2D eigenvalue weighted by Gasteiger charge is 2.19. The van der Waals surface area contributed by atoms with E-state index in [0.717, 1.165) is 28.0 Å². The fourth-order valence-corrected chi connectivity index (χ4v) is 4.21. The molecule has 2 heterocycles. The molecule has 2 aromatic heterocycles. The number of carbonyl (C=O) groups excluding carboxylic acids is 1. The largest absolute Gasteiger partial charge is 0.491 e. The number of hydrogen-bond donors (Lipinski definition) is 2. The molecule has 0 saturated carbocycles. The topological polar surface area (TPSA) is 125 Å². The molecule has 3 N–H and O–H groups in total. The van der Waals surface area contributed by atoms with Crippen molar-refractivity contribution < 1.29 is 19.0 Å². The summed E-state index contributed by atoms with van der Waals surface area (Å²) in [6.45, 7) is 8.97. The van der Waals surface area contributed by atoms with E-state index in [1.54, 1.807) is 12.3 Å². The fourth-order valence-electron chi connectivity index (χ4n) is 4.21.